The van der Waals surface area contributed by atoms with Crippen molar-refractivity contribution in [1.82, 2.24) is 9.38 Å². The Bertz CT molecular complexity index is 955. The van der Waals surface area contributed by atoms with Crippen LogP contribution in [0.15, 0.2) is 47.6 Å². The summed E-state index contributed by atoms with van der Waals surface area (Å²) >= 11 is 0. The van der Waals surface area contributed by atoms with Crippen LogP contribution in [0.3, 0.4) is 0 Å². The molecule has 3 N–H and O–H groups in total. The molecule has 8 heteroatoms. The third kappa shape index (κ3) is 5.28. The van der Waals surface area contributed by atoms with Gasteiger partial charge in [0.25, 0.3) is 0 Å². The summed E-state index contributed by atoms with van der Waals surface area (Å²) in [4.78, 5) is 8.97. The summed E-state index contributed by atoms with van der Waals surface area (Å²) in [6.07, 6.45) is 1.97. The number of nitrogens with one attached hydrogen (secondary N) is 1. The molecule has 0 saturated heterocycles. The van der Waals surface area contributed by atoms with Crippen molar-refractivity contribution >= 4 is 41.3 Å². The lowest BCUT2D eigenvalue weighted by Gasteiger charge is -2.13. The molecule has 0 aliphatic carbocycles. The SMILES string of the molecule is CCOc1ccc(OCC)c(NC(N)=NCc2cn3c(C)cccc3n2)c1.I. The number of benzene rings is 1. The average Bonchev–Trinajstić information content (AvgIpc) is 3.07. The fourth-order valence-corrected chi connectivity index (χ4v) is 2.76. The van der Waals surface area contributed by atoms with Crippen molar-refractivity contribution in [3.63, 3.8) is 0 Å². The highest BCUT2D eigenvalue weighted by molar-refractivity contribution is 14.0. The zero-order valence-corrected chi connectivity index (χ0v) is 18.6. The molecule has 0 aliphatic heterocycles. The summed E-state index contributed by atoms with van der Waals surface area (Å²) in [5.41, 5.74) is 9.66. The third-order valence-corrected chi connectivity index (χ3v) is 3.98. The second-order valence-electron chi connectivity index (χ2n) is 5.98. The van der Waals surface area contributed by atoms with Gasteiger partial charge in [0, 0.05) is 18.0 Å². The molecule has 3 rings (SSSR count). The number of nitrogens with zero attached hydrogens (tertiary/aromatic N) is 3. The molecule has 0 bridgehead atoms. The maximum Gasteiger partial charge on any atom is 0.193 e. The van der Waals surface area contributed by atoms with Crippen molar-refractivity contribution in [2.45, 2.75) is 27.3 Å². The van der Waals surface area contributed by atoms with Gasteiger partial charge in [-0.05, 0) is 45.0 Å². The molecule has 0 aliphatic rings. The molecule has 0 radical (unpaired) electrons. The molecular formula is C20H26IN5O2. The van der Waals surface area contributed by atoms with E-state index in [1.165, 1.54) is 0 Å². The topological polar surface area (TPSA) is 86.2 Å². The lowest BCUT2D eigenvalue weighted by atomic mass is 10.2. The first-order valence-electron chi connectivity index (χ1n) is 9.01. The quantitative estimate of drug-likeness (QED) is 0.294. The highest BCUT2D eigenvalue weighted by atomic mass is 127. The van der Waals surface area contributed by atoms with Crippen molar-refractivity contribution in [3.05, 3.63) is 54.0 Å². The molecule has 0 atom stereocenters. The maximum atomic E-state index is 6.07. The number of ether oxygens (including phenoxy) is 2. The highest BCUT2D eigenvalue weighted by Crippen LogP contribution is 2.29. The van der Waals surface area contributed by atoms with Gasteiger partial charge in [0.1, 0.15) is 17.1 Å². The molecular weight excluding hydrogens is 469 g/mol. The number of aryl methyl sites for hydroxylation is 1. The molecule has 1 aromatic carbocycles. The van der Waals surface area contributed by atoms with Gasteiger partial charge in [0.2, 0.25) is 0 Å². The molecule has 0 amide bonds. The minimum atomic E-state index is 0. The number of fused-ring (bicyclic) bond motifs is 1. The van der Waals surface area contributed by atoms with Crippen molar-refractivity contribution in [2.24, 2.45) is 10.7 Å². The Morgan fingerprint density at radius 2 is 1.96 bits per heavy atom. The van der Waals surface area contributed by atoms with E-state index in [2.05, 4.69) is 15.3 Å². The first-order chi connectivity index (χ1) is 13.1. The summed E-state index contributed by atoms with van der Waals surface area (Å²) in [5.74, 6) is 1.73. The maximum absolute atomic E-state index is 6.07. The third-order valence-electron chi connectivity index (χ3n) is 3.98. The van der Waals surface area contributed by atoms with Gasteiger partial charge in [-0.15, -0.1) is 24.0 Å². The number of aromatic nitrogens is 2. The molecule has 2 heterocycles. The summed E-state index contributed by atoms with van der Waals surface area (Å²) in [7, 11) is 0. The van der Waals surface area contributed by atoms with E-state index in [4.69, 9.17) is 15.2 Å². The van der Waals surface area contributed by atoms with Crippen LogP contribution in [-0.4, -0.2) is 28.6 Å². The Morgan fingerprint density at radius 1 is 1.18 bits per heavy atom. The molecule has 150 valence electrons. The predicted octanol–water partition coefficient (Wildman–Crippen LogP) is 3.98. The predicted molar refractivity (Wildman–Crippen MR) is 123 cm³/mol. The van der Waals surface area contributed by atoms with Gasteiger partial charge in [0.05, 0.1) is 31.1 Å². The minimum Gasteiger partial charge on any atom is -0.494 e. The van der Waals surface area contributed by atoms with Crippen LogP contribution in [0.2, 0.25) is 0 Å². The number of imidazole rings is 1. The van der Waals surface area contributed by atoms with Crippen LogP contribution in [-0.2, 0) is 6.54 Å². The number of guanidine groups is 1. The standard InChI is InChI=1S/C20H25N5O2.HI/c1-4-26-16-9-10-18(27-5-2)17(11-16)24-20(21)22-12-15-13-25-14(3)7-6-8-19(25)23-15;/h6-11,13H,4-5,12H2,1-3H3,(H3,21,22,24);1H. The Kier molecular flexibility index (Phi) is 7.91. The second kappa shape index (κ2) is 10.2. The normalized spacial score (nSPS) is 11.2. The Balaban J connectivity index is 0.00000280. The van der Waals surface area contributed by atoms with Crippen LogP contribution in [0, 0.1) is 6.92 Å². The molecule has 3 aromatic rings. The molecule has 28 heavy (non-hydrogen) atoms. The van der Waals surface area contributed by atoms with E-state index in [0.29, 0.717) is 31.5 Å². The largest absolute Gasteiger partial charge is 0.494 e. The smallest absolute Gasteiger partial charge is 0.193 e. The van der Waals surface area contributed by atoms with Gasteiger partial charge in [-0.3, -0.25) is 0 Å². The van der Waals surface area contributed by atoms with E-state index in [1.807, 2.05) is 67.8 Å². The van der Waals surface area contributed by atoms with Crippen LogP contribution in [0.25, 0.3) is 5.65 Å². The monoisotopic (exact) mass is 495 g/mol. The number of aliphatic imine (C=N–C) groups is 1. The molecule has 0 unspecified atom stereocenters. The lowest BCUT2D eigenvalue weighted by Crippen LogP contribution is -2.23. The Hall–Kier alpha value is -2.49. The van der Waals surface area contributed by atoms with E-state index in [1.54, 1.807) is 0 Å². The van der Waals surface area contributed by atoms with E-state index in [0.717, 1.165) is 28.5 Å². The Labute approximate surface area is 182 Å². The van der Waals surface area contributed by atoms with Crippen LogP contribution in [0.5, 0.6) is 11.5 Å². The zero-order chi connectivity index (χ0) is 19.2. The fourth-order valence-electron chi connectivity index (χ4n) is 2.76. The number of anilines is 1. The van der Waals surface area contributed by atoms with Crippen molar-refractivity contribution in [3.8, 4) is 11.5 Å². The number of hydrogen-bond acceptors (Lipinski definition) is 4. The van der Waals surface area contributed by atoms with Gasteiger partial charge < -0.3 is 24.9 Å². The summed E-state index contributed by atoms with van der Waals surface area (Å²) in [5, 5.41) is 3.10. The number of pyridine rings is 1. The number of halogens is 1. The molecule has 0 fully saturated rings. The molecule has 0 saturated carbocycles. The van der Waals surface area contributed by atoms with Crippen molar-refractivity contribution < 1.29 is 9.47 Å². The van der Waals surface area contributed by atoms with Crippen LogP contribution in [0.1, 0.15) is 25.2 Å². The number of rotatable bonds is 7. The van der Waals surface area contributed by atoms with Crippen LogP contribution < -0.4 is 20.5 Å². The van der Waals surface area contributed by atoms with Gasteiger partial charge in [0.15, 0.2) is 5.96 Å². The number of nitrogens with two attached hydrogens (primary N) is 1. The highest BCUT2D eigenvalue weighted by Gasteiger charge is 2.08. The fraction of sp³-hybridized carbons (Fsp3) is 0.300. The molecule has 2 aromatic heterocycles. The van der Waals surface area contributed by atoms with E-state index in [-0.39, 0.29) is 24.0 Å². The first-order valence-corrected chi connectivity index (χ1v) is 9.01. The zero-order valence-electron chi connectivity index (χ0n) is 16.3. The van der Waals surface area contributed by atoms with Crippen molar-refractivity contribution in [2.75, 3.05) is 18.5 Å². The van der Waals surface area contributed by atoms with Crippen LogP contribution >= 0.6 is 24.0 Å². The summed E-state index contributed by atoms with van der Waals surface area (Å²) < 4.78 is 13.2. The van der Waals surface area contributed by atoms with Crippen molar-refractivity contribution in [1.29, 1.82) is 0 Å². The summed E-state index contributed by atoms with van der Waals surface area (Å²) in [6, 6.07) is 11.6. The molecule has 7 nitrogen and oxygen atoms in total. The van der Waals surface area contributed by atoms with E-state index >= 15 is 0 Å². The second-order valence-corrected chi connectivity index (χ2v) is 5.98. The van der Waals surface area contributed by atoms with Crippen LogP contribution in [0.4, 0.5) is 5.69 Å². The van der Waals surface area contributed by atoms with Gasteiger partial charge in [-0.1, -0.05) is 6.07 Å². The first kappa shape index (κ1) is 21.8. The molecule has 0 spiro atoms. The van der Waals surface area contributed by atoms with Gasteiger partial charge >= 0.3 is 0 Å². The Morgan fingerprint density at radius 3 is 2.68 bits per heavy atom. The van der Waals surface area contributed by atoms with Gasteiger partial charge in [-0.2, -0.15) is 0 Å². The summed E-state index contributed by atoms with van der Waals surface area (Å²) in [6.45, 7) is 7.44. The van der Waals surface area contributed by atoms with E-state index in [9.17, 15) is 0 Å². The average molecular weight is 495 g/mol. The lowest BCUT2D eigenvalue weighted by molar-refractivity contribution is 0.332. The van der Waals surface area contributed by atoms with Gasteiger partial charge in [-0.25, -0.2) is 9.98 Å². The minimum absolute atomic E-state index is 0. The van der Waals surface area contributed by atoms with E-state index < -0.39 is 0 Å². The number of hydrogen-bond donors (Lipinski definition) is 2.